The lowest BCUT2D eigenvalue weighted by molar-refractivity contribution is 0.274. The van der Waals surface area contributed by atoms with Crippen molar-refractivity contribution in [3.63, 3.8) is 0 Å². The van der Waals surface area contributed by atoms with Gasteiger partial charge < -0.3 is 4.90 Å². The average Bonchev–Trinajstić information content (AvgIpc) is 2.57. The van der Waals surface area contributed by atoms with Gasteiger partial charge in [-0.15, -0.1) is 0 Å². The molecule has 0 atom stereocenters. The summed E-state index contributed by atoms with van der Waals surface area (Å²) < 4.78 is 0. The lowest BCUT2D eigenvalue weighted by atomic mass is 9.64. The first-order valence-electron chi connectivity index (χ1n) is 7.04. The van der Waals surface area contributed by atoms with Crippen LogP contribution >= 0.6 is 0 Å². The number of rotatable bonds is 3. The quantitative estimate of drug-likeness (QED) is 0.750. The van der Waals surface area contributed by atoms with Crippen LogP contribution in [-0.4, -0.2) is 6.54 Å². The first kappa shape index (κ1) is 13.2. The van der Waals surface area contributed by atoms with Crippen LogP contribution in [0.2, 0.25) is 0 Å². The molecular formula is C17H25N. The van der Waals surface area contributed by atoms with E-state index in [-0.39, 0.29) is 5.41 Å². The van der Waals surface area contributed by atoms with Gasteiger partial charge in [-0.1, -0.05) is 52.5 Å². The van der Waals surface area contributed by atoms with Crippen molar-refractivity contribution < 1.29 is 0 Å². The van der Waals surface area contributed by atoms with Crippen LogP contribution in [0, 0.1) is 11.8 Å². The molecule has 0 N–H and O–H groups in total. The summed E-state index contributed by atoms with van der Waals surface area (Å²) in [6, 6.07) is 8.81. The molecule has 1 aliphatic heterocycles. The molecule has 1 aliphatic rings. The van der Waals surface area contributed by atoms with E-state index in [0.717, 1.165) is 6.54 Å². The molecule has 0 aliphatic carbocycles. The highest BCUT2D eigenvalue weighted by atomic mass is 15.2. The molecule has 1 nitrogen and oxygen atoms in total. The molecule has 18 heavy (non-hydrogen) atoms. The van der Waals surface area contributed by atoms with Gasteiger partial charge in [0.25, 0.3) is 0 Å². The number of allylic oxidation sites excluding steroid dienone is 1. The molecule has 1 aromatic rings. The van der Waals surface area contributed by atoms with Gasteiger partial charge in [-0.3, -0.25) is 0 Å². The van der Waals surface area contributed by atoms with Crippen LogP contribution in [0.5, 0.6) is 0 Å². The first-order valence-corrected chi connectivity index (χ1v) is 7.04. The summed E-state index contributed by atoms with van der Waals surface area (Å²) >= 11 is 0. The minimum Gasteiger partial charge on any atom is -0.345 e. The number of nitrogens with zero attached hydrogens (tertiary/aromatic N) is 1. The van der Waals surface area contributed by atoms with E-state index in [4.69, 9.17) is 0 Å². The summed E-state index contributed by atoms with van der Waals surface area (Å²) in [5, 5.41) is 0. The van der Waals surface area contributed by atoms with Crippen LogP contribution in [0.25, 0.3) is 0 Å². The Bertz CT molecular complexity index is 448. The highest BCUT2D eigenvalue weighted by molar-refractivity contribution is 5.71. The molecule has 1 heterocycles. The summed E-state index contributed by atoms with van der Waals surface area (Å²) in [5.41, 5.74) is 4.18. The third-order valence-corrected chi connectivity index (χ3v) is 4.58. The summed E-state index contributed by atoms with van der Waals surface area (Å²) in [7, 11) is 0. The van der Waals surface area contributed by atoms with E-state index in [9.17, 15) is 0 Å². The minimum atomic E-state index is 0.0899. The summed E-state index contributed by atoms with van der Waals surface area (Å²) in [4.78, 5) is 2.38. The maximum absolute atomic E-state index is 4.44. The van der Waals surface area contributed by atoms with Crippen molar-refractivity contribution in [3.8, 4) is 0 Å². The summed E-state index contributed by atoms with van der Waals surface area (Å²) in [6.07, 6.45) is 0. The molecule has 0 saturated carbocycles. The molecule has 0 spiro atoms. The Labute approximate surface area is 112 Å². The second kappa shape index (κ2) is 4.46. The normalized spacial score (nSPS) is 17.7. The third kappa shape index (κ3) is 1.46. The van der Waals surface area contributed by atoms with Gasteiger partial charge in [-0.2, -0.15) is 0 Å². The summed E-state index contributed by atoms with van der Waals surface area (Å²) in [6.45, 7) is 16.9. The van der Waals surface area contributed by atoms with Crippen LogP contribution in [0.1, 0.15) is 40.2 Å². The molecule has 0 bridgehead atoms. The number of hydrogen-bond donors (Lipinski definition) is 0. The molecule has 0 amide bonds. The highest BCUT2D eigenvalue weighted by Crippen LogP contribution is 2.55. The van der Waals surface area contributed by atoms with Gasteiger partial charge in [0.15, 0.2) is 0 Å². The van der Waals surface area contributed by atoms with Crippen molar-refractivity contribution in [1.82, 2.24) is 0 Å². The number of anilines is 1. The predicted molar refractivity (Wildman–Crippen MR) is 80.0 cm³/mol. The van der Waals surface area contributed by atoms with Gasteiger partial charge in [-0.25, -0.2) is 0 Å². The van der Waals surface area contributed by atoms with Crippen molar-refractivity contribution in [2.24, 2.45) is 11.8 Å². The Morgan fingerprint density at radius 3 is 2.17 bits per heavy atom. The van der Waals surface area contributed by atoms with E-state index >= 15 is 0 Å². The van der Waals surface area contributed by atoms with Crippen molar-refractivity contribution in [1.29, 1.82) is 0 Å². The molecule has 0 radical (unpaired) electrons. The molecule has 98 valence electrons. The smallest absolute Gasteiger partial charge is 0.0450 e. The molecule has 1 heteroatoms. The van der Waals surface area contributed by atoms with Gasteiger partial charge in [-0.05, 0) is 30.4 Å². The number of likely N-dealkylation sites (N-methyl/N-ethyl adjacent to an activating group) is 1. The molecule has 0 fully saturated rings. The fourth-order valence-electron chi connectivity index (χ4n) is 3.90. The number of fused-ring (bicyclic) bond motifs is 1. The molecule has 0 aromatic heterocycles. The zero-order valence-corrected chi connectivity index (χ0v) is 12.3. The van der Waals surface area contributed by atoms with Crippen molar-refractivity contribution >= 4 is 5.69 Å². The van der Waals surface area contributed by atoms with Gasteiger partial charge in [0.1, 0.15) is 0 Å². The monoisotopic (exact) mass is 243 g/mol. The maximum atomic E-state index is 4.44. The molecule has 0 unspecified atom stereocenters. The summed E-state index contributed by atoms with van der Waals surface area (Å²) in [5.74, 6) is 1.12. The molecule has 0 saturated heterocycles. The van der Waals surface area contributed by atoms with Gasteiger partial charge >= 0.3 is 0 Å². The zero-order chi connectivity index (χ0) is 13.5. The van der Waals surface area contributed by atoms with E-state index in [1.54, 1.807) is 0 Å². The van der Waals surface area contributed by atoms with Gasteiger partial charge in [0.05, 0.1) is 0 Å². The Kier molecular flexibility index (Phi) is 3.27. The lowest BCUT2D eigenvalue weighted by Crippen LogP contribution is -2.40. The Balaban J connectivity index is 2.72. The number of benzene rings is 1. The maximum Gasteiger partial charge on any atom is 0.0450 e. The van der Waals surface area contributed by atoms with E-state index in [0.29, 0.717) is 11.8 Å². The highest BCUT2D eigenvalue weighted by Gasteiger charge is 2.49. The minimum absolute atomic E-state index is 0.0899. The van der Waals surface area contributed by atoms with E-state index < -0.39 is 0 Å². The lowest BCUT2D eigenvalue weighted by Gasteiger charge is -2.40. The number of para-hydroxylation sites is 1. The predicted octanol–water partition coefficient (Wildman–Crippen LogP) is 4.59. The molecule has 2 rings (SSSR count). The largest absolute Gasteiger partial charge is 0.345 e. The van der Waals surface area contributed by atoms with E-state index in [1.165, 1.54) is 16.9 Å². The second-order valence-corrected chi connectivity index (χ2v) is 5.89. The Hall–Kier alpha value is -1.24. The molecule has 1 aromatic carbocycles. The van der Waals surface area contributed by atoms with E-state index in [2.05, 4.69) is 70.4 Å². The van der Waals surface area contributed by atoms with Crippen molar-refractivity contribution in [2.75, 3.05) is 11.4 Å². The Morgan fingerprint density at radius 1 is 1.11 bits per heavy atom. The molecular weight excluding hydrogens is 218 g/mol. The van der Waals surface area contributed by atoms with Crippen LogP contribution in [0.3, 0.4) is 0 Å². The van der Waals surface area contributed by atoms with Crippen LogP contribution in [0.15, 0.2) is 36.5 Å². The van der Waals surface area contributed by atoms with Crippen LogP contribution < -0.4 is 4.90 Å². The average molecular weight is 243 g/mol. The SMILES string of the molecule is C=C1N(CC)c2ccccc2C1(C(C)C)C(C)C. The fraction of sp³-hybridized carbons (Fsp3) is 0.529. The topological polar surface area (TPSA) is 3.24 Å². The van der Waals surface area contributed by atoms with Crippen molar-refractivity contribution in [2.45, 2.75) is 40.0 Å². The number of hydrogen-bond acceptors (Lipinski definition) is 1. The van der Waals surface area contributed by atoms with Gasteiger partial charge in [0.2, 0.25) is 0 Å². The van der Waals surface area contributed by atoms with E-state index in [1.807, 2.05) is 0 Å². The van der Waals surface area contributed by atoms with Crippen LogP contribution in [-0.2, 0) is 5.41 Å². The first-order chi connectivity index (χ1) is 8.47. The fourth-order valence-corrected chi connectivity index (χ4v) is 3.90. The van der Waals surface area contributed by atoms with Gasteiger partial charge in [0, 0.05) is 23.3 Å². The van der Waals surface area contributed by atoms with Crippen LogP contribution in [0.4, 0.5) is 5.69 Å². The third-order valence-electron chi connectivity index (χ3n) is 4.58. The van der Waals surface area contributed by atoms with Crippen molar-refractivity contribution in [3.05, 3.63) is 42.1 Å². The standard InChI is InChI=1S/C17H25N/c1-7-18-14(6)17(12(2)3,13(4)5)15-10-8-9-11-16(15)18/h8-13H,6-7H2,1-5H3. The zero-order valence-electron chi connectivity index (χ0n) is 12.3. The second-order valence-electron chi connectivity index (χ2n) is 5.89. The Morgan fingerprint density at radius 2 is 1.67 bits per heavy atom.